The van der Waals surface area contributed by atoms with Crippen LogP contribution >= 0.6 is 0 Å². The van der Waals surface area contributed by atoms with Gasteiger partial charge in [0.15, 0.2) is 0 Å². The highest BCUT2D eigenvalue weighted by molar-refractivity contribution is 7.89. The van der Waals surface area contributed by atoms with Crippen LogP contribution in [0.25, 0.3) is 10.8 Å². The summed E-state index contributed by atoms with van der Waals surface area (Å²) in [7, 11) is -3.93. The molecule has 9 heteroatoms. The van der Waals surface area contributed by atoms with E-state index in [-0.39, 0.29) is 23.3 Å². The Morgan fingerprint density at radius 1 is 0.976 bits per heavy atom. The van der Waals surface area contributed by atoms with Gasteiger partial charge in [-0.25, -0.2) is 13.1 Å². The van der Waals surface area contributed by atoms with Gasteiger partial charge in [0.05, 0.1) is 23.6 Å². The molecule has 1 fully saturated rings. The van der Waals surface area contributed by atoms with E-state index in [9.17, 15) is 13.2 Å². The van der Waals surface area contributed by atoms with E-state index in [2.05, 4.69) is 38.1 Å². The lowest BCUT2D eigenvalue weighted by Gasteiger charge is -2.29. The van der Waals surface area contributed by atoms with Crippen molar-refractivity contribution < 1.29 is 17.9 Å². The highest BCUT2D eigenvalue weighted by atomic mass is 32.2. The highest BCUT2D eigenvalue weighted by Gasteiger charge is 2.28. The maximum atomic E-state index is 13.5. The Kier molecular flexibility index (Phi) is 8.51. The lowest BCUT2D eigenvalue weighted by Crippen LogP contribution is -2.36. The van der Waals surface area contributed by atoms with Gasteiger partial charge in [-0.2, -0.15) is 0 Å². The maximum Gasteiger partial charge on any atom is 0.241 e. The Bertz CT molecular complexity index is 1660. The molecule has 1 saturated heterocycles. The molecule has 0 saturated carbocycles. The van der Waals surface area contributed by atoms with E-state index in [0.717, 1.165) is 41.7 Å². The molecule has 2 N–H and O–H groups in total. The van der Waals surface area contributed by atoms with Crippen LogP contribution in [0.5, 0.6) is 5.75 Å². The standard InChI is InChI=1S/C33H36N4O4S/c38-33(35-30-14-18-41-32-19-24(10-13-29(30)32)23-37-16-4-1-5-17-37)21-31(27-9-6-15-34-22-27)36-42(39,40)28-12-11-25-7-2-3-8-26(25)20-28/h2-3,6-13,15,19-20,22,30-31,36H,1,4-5,14,16-18,21,23H2,(H,35,38). The van der Waals surface area contributed by atoms with E-state index in [0.29, 0.717) is 18.6 Å². The van der Waals surface area contributed by atoms with Gasteiger partial charge < -0.3 is 10.1 Å². The van der Waals surface area contributed by atoms with Crippen LogP contribution in [0.4, 0.5) is 0 Å². The molecule has 2 aliphatic rings. The minimum Gasteiger partial charge on any atom is -0.493 e. The van der Waals surface area contributed by atoms with Gasteiger partial charge in [0.25, 0.3) is 0 Å². The molecule has 3 heterocycles. The number of piperidine rings is 1. The van der Waals surface area contributed by atoms with Gasteiger partial charge in [0, 0.05) is 37.3 Å². The second kappa shape index (κ2) is 12.6. The van der Waals surface area contributed by atoms with Crippen LogP contribution < -0.4 is 14.8 Å². The van der Waals surface area contributed by atoms with Gasteiger partial charge >= 0.3 is 0 Å². The lowest BCUT2D eigenvalue weighted by atomic mass is 9.97. The predicted molar refractivity (Wildman–Crippen MR) is 162 cm³/mol. The SMILES string of the molecule is O=C(CC(NS(=O)(=O)c1ccc2ccccc2c1)c1cccnc1)NC1CCOc2cc(CN3CCCCC3)ccc21. The van der Waals surface area contributed by atoms with Gasteiger partial charge in [-0.15, -0.1) is 0 Å². The Morgan fingerprint density at radius 2 is 1.81 bits per heavy atom. The number of amides is 1. The Hall–Kier alpha value is -3.79. The number of nitrogens with zero attached hydrogens (tertiary/aromatic N) is 2. The third-order valence-corrected chi connectivity index (χ3v) is 9.58. The molecule has 2 aliphatic heterocycles. The third kappa shape index (κ3) is 6.64. The highest BCUT2D eigenvalue weighted by Crippen LogP contribution is 2.34. The number of rotatable bonds is 9. The minimum atomic E-state index is -3.93. The van der Waals surface area contributed by atoms with E-state index in [1.54, 1.807) is 42.7 Å². The number of carbonyl (C=O) groups excluding carboxylic acids is 1. The Balaban J connectivity index is 1.17. The quantitative estimate of drug-likeness (QED) is 0.278. The van der Waals surface area contributed by atoms with Crippen molar-refractivity contribution in [2.24, 2.45) is 0 Å². The van der Waals surface area contributed by atoms with Crippen molar-refractivity contribution in [3.05, 3.63) is 102 Å². The zero-order valence-electron chi connectivity index (χ0n) is 23.5. The van der Waals surface area contributed by atoms with E-state index < -0.39 is 16.1 Å². The van der Waals surface area contributed by atoms with Crippen molar-refractivity contribution in [3.8, 4) is 5.75 Å². The molecule has 0 aliphatic carbocycles. The second-order valence-corrected chi connectivity index (χ2v) is 12.9. The molecule has 2 unspecified atom stereocenters. The molecule has 4 aromatic rings. The number of sulfonamides is 1. The zero-order chi connectivity index (χ0) is 28.9. The average molecular weight is 585 g/mol. The maximum absolute atomic E-state index is 13.5. The fourth-order valence-corrected chi connectivity index (χ4v) is 7.16. The van der Waals surface area contributed by atoms with Crippen molar-refractivity contribution in [2.45, 2.75) is 55.6 Å². The number of pyridine rings is 1. The molecular weight excluding hydrogens is 548 g/mol. The number of nitrogens with one attached hydrogen (secondary N) is 2. The number of hydrogen-bond acceptors (Lipinski definition) is 6. The summed E-state index contributed by atoms with van der Waals surface area (Å²) in [4.78, 5) is 20.2. The van der Waals surface area contributed by atoms with Crippen LogP contribution in [0.1, 0.15) is 60.9 Å². The summed E-state index contributed by atoms with van der Waals surface area (Å²) < 4.78 is 35.7. The molecule has 3 aromatic carbocycles. The number of fused-ring (bicyclic) bond motifs is 2. The average Bonchev–Trinajstić information content (AvgIpc) is 3.01. The van der Waals surface area contributed by atoms with Crippen LogP contribution in [0.3, 0.4) is 0 Å². The van der Waals surface area contributed by atoms with Gasteiger partial charge in [-0.05, 0) is 72.1 Å². The topological polar surface area (TPSA) is 101 Å². The summed E-state index contributed by atoms with van der Waals surface area (Å²) >= 11 is 0. The van der Waals surface area contributed by atoms with Crippen LogP contribution in [-0.4, -0.2) is 43.9 Å². The normalized spacial score (nSPS) is 18.1. The molecule has 42 heavy (non-hydrogen) atoms. The summed E-state index contributed by atoms with van der Waals surface area (Å²) in [6.07, 6.45) is 7.58. The monoisotopic (exact) mass is 584 g/mol. The number of hydrogen-bond donors (Lipinski definition) is 2. The van der Waals surface area contributed by atoms with Crippen molar-refractivity contribution in [2.75, 3.05) is 19.7 Å². The van der Waals surface area contributed by atoms with Gasteiger partial charge in [0.1, 0.15) is 5.75 Å². The Morgan fingerprint density at radius 3 is 2.62 bits per heavy atom. The molecular formula is C33H36N4O4S. The van der Waals surface area contributed by atoms with Gasteiger partial charge in [0.2, 0.25) is 15.9 Å². The van der Waals surface area contributed by atoms with Crippen LogP contribution in [0, 0.1) is 0 Å². The first kappa shape index (κ1) is 28.3. The molecule has 0 bridgehead atoms. The van der Waals surface area contributed by atoms with Crippen LogP contribution in [0.2, 0.25) is 0 Å². The number of likely N-dealkylation sites (tertiary alicyclic amines) is 1. The van der Waals surface area contributed by atoms with Crippen molar-refractivity contribution in [1.29, 1.82) is 0 Å². The lowest BCUT2D eigenvalue weighted by molar-refractivity contribution is -0.122. The van der Waals surface area contributed by atoms with Gasteiger partial charge in [-0.1, -0.05) is 55.0 Å². The molecule has 8 nitrogen and oxygen atoms in total. The molecule has 0 spiro atoms. The summed E-state index contributed by atoms with van der Waals surface area (Å²) in [6, 6.07) is 21.4. The van der Waals surface area contributed by atoms with Crippen LogP contribution in [0.15, 0.2) is 90.1 Å². The molecule has 6 rings (SSSR count). The van der Waals surface area contributed by atoms with E-state index >= 15 is 0 Å². The zero-order valence-corrected chi connectivity index (χ0v) is 24.4. The second-order valence-electron chi connectivity index (χ2n) is 11.1. The third-order valence-electron chi connectivity index (χ3n) is 8.11. The molecule has 2 atom stereocenters. The Labute approximate surface area is 247 Å². The first-order valence-corrected chi connectivity index (χ1v) is 16.1. The van der Waals surface area contributed by atoms with E-state index in [1.807, 2.05) is 24.3 Å². The molecule has 1 amide bonds. The summed E-state index contributed by atoms with van der Waals surface area (Å²) in [5.74, 6) is 0.558. The van der Waals surface area contributed by atoms with Crippen molar-refractivity contribution in [3.63, 3.8) is 0 Å². The molecule has 0 radical (unpaired) electrons. The summed E-state index contributed by atoms with van der Waals surface area (Å²) in [5.41, 5.74) is 2.78. The van der Waals surface area contributed by atoms with Crippen molar-refractivity contribution >= 4 is 26.7 Å². The minimum absolute atomic E-state index is 0.0712. The van der Waals surface area contributed by atoms with E-state index in [4.69, 9.17) is 4.74 Å². The smallest absolute Gasteiger partial charge is 0.241 e. The largest absolute Gasteiger partial charge is 0.493 e. The van der Waals surface area contributed by atoms with Crippen molar-refractivity contribution in [1.82, 2.24) is 19.9 Å². The first-order chi connectivity index (χ1) is 20.4. The number of aromatic nitrogens is 1. The summed E-state index contributed by atoms with van der Waals surface area (Å²) in [6.45, 7) is 3.65. The fourth-order valence-electron chi connectivity index (χ4n) is 5.90. The van der Waals surface area contributed by atoms with Gasteiger partial charge in [-0.3, -0.25) is 14.7 Å². The predicted octanol–water partition coefficient (Wildman–Crippen LogP) is 5.27. The number of carbonyl (C=O) groups is 1. The molecule has 218 valence electrons. The first-order valence-electron chi connectivity index (χ1n) is 14.6. The molecule has 1 aromatic heterocycles. The number of ether oxygens (including phenoxy) is 1. The fraction of sp³-hybridized carbons (Fsp3) is 0.333. The summed E-state index contributed by atoms with van der Waals surface area (Å²) in [5, 5.41) is 4.92. The van der Waals surface area contributed by atoms with Crippen LogP contribution in [-0.2, 0) is 21.4 Å². The van der Waals surface area contributed by atoms with E-state index in [1.165, 1.54) is 24.8 Å². The number of benzene rings is 3.